The summed E-state index contributed by atoms with van der Waals surface area (Å²) in [6, 6.07) is 0. The van der Waals surface area contributed by atoms with Crippen LogP contribution in [0.25, 0.3) is 0 Å². The Morgan fingerprint density at radius 2 is 1.88 bits per heavy atom. The highest BCUT2D eigenvalue weighted by atomic mass is 32.2. The molecule has 0 atom stereocenters. The van der Waals surface area contributed by atoms with Crippen LogP contribution < -0.4 is 5.32 Å². The molecule has 0 unspecified atom stereocenters. The predicted octanol–water partition coefficient (Wildman–Crippen LogP) is 1.17. The molecule has 0 saturated heterocycles. The summed E-state index contributed by atoms with van der Waals surface area (Å²) < 4.78 is 0. The number of rotatable bonds is 5. The second-order valence-electron chi connectivity index (χ2n) is 4.23. The first-order chi connectivity index (χ1) is 7.96. The van der Waals surface area contributed by atoms with Crippen LogP contribution >= 0.6 is 11.8 Å². The van der Waals surface area contributed by atoms with Gasteiger partial charge in [-0.2, -0.15) is 0 Å². The number of carboxylic acids is 1. The molecule has 96 valence electrons. The minimum absolute atomic E-state index is 0.0355. The number of hydrogen-bond acceptors (Lipinski definition) is 4. The van der Waals surface area contributed by atoms with E-state index in [4.69, 9.17) is 5.11 Å². The normalized spacial score (nSPS) is 17.7. The van der Waals surface area contributed by atoms with Gasteiger partial charge in [0.1, 0.15) is 5.54 Å². The highest BCUT2D eigenvalue weighted by molar-refractivity contribution is 8.13. The Morgan fingerprint density at radius 1 is 1.29 bits per heavy atom. The fourth-order valence-electron chi connectivity index (χ4n) is 1.99. The summed E-state index contributed by atoms with van der Waals surface area (Å²) in [5.74, 6) is -0.845. The van der Waals surface area contributed by atoms with Crippen LogP contribution in [0, 0.1) is 0 Å². The number of hydrogen-bond donors (Lipinski definition) is 2. The first-order valence-corrected chi connectivity index (χ1v) is 6.63. The third-order valence-corrected chi connectivity index (χ3v) is 3.69. The minimum atomic E-state index is -1.07. The number of aliphatic carboxylic acids is 1. The van der Waals surface area contributed by atoms with Crippen LogP contribution in [0.4, 0.5) is 0 Å². The molecule has 0 heterocycles. The summed E-state index contributed by atoms with van der Waals surface area (Å²) in [6.45, 7) is 1.44. The maximum atomic E-state index is 11.6. The first kappa shape index (κ1) is 14.0. The topological polar surface area (TPSA) is 83.5 Å². The Bertz CT molecular complexity index is 323. The summed E-state index contributed by atoms with van der Waals surface area (Å²) in [5.41, 5.74) is -1.07. The molecule has 6 heteroatoms. The van der Waals surface area contributed by atoms with Gasteiger partial charge in [-0.05, 0) is 12.8 Å². The zero-order valence-electron chi connectivity index (χ0n) is 9.82. The van der Waals surface area contributed by atoms with Gasteiger partial charge in [0, 0.05) is 19.1 Å². The summed E-state index contributed by atoms with van der Waals surface area (Å²) >= 11 is 1.08. The van der Waals surface area contributed by atoms with Crippen LogP contribution in [0.1, 0.15) is 39.0 Å². The van der Waals surface area contributed by atoms with Crippen molar-refractivity contribution >= 4 is 28.8 Å². The third-order valence-electron chi connectivity index (χ3n) is 2.88. The molecule has 1 aliphatic carbocycles. The van der Waals surface area contributed by atoms with Gasteiger partial charge in [-0.25, -0.2) is 4.79 Å². The number of carbonyl (C=O) groups excluding carboxylic acids is 2. The summed E-state index contributed by atoms with van der Waals surface area (Å²) in [6.07, 6.45) is 2.82. The first-order valence-electron chi connectivity index (χ1n) is 5.64. The van der Waals surface area contributed by atoms with Gasteiger partial charge in [0.05, 0.1) is 0 Å². The van der Waals surface area contributed by atoms with Gasteiger partial charge < -0.3 is 10.4 Å². The molecular formula is C11H17NO4S. The van der Waals surface area contributed by atoms with Crippen molar-refractivity contribution in [3.8, 4) is 0 Å². The number of nitrogens with one attached hydrogen (secondary N) is 1. The van der Waals surface area contributed by atoms with Crippen LogP contribution in [0.3, 0.4) is 0 Å². The molecule has 1 saturated carbocycles. The lowest BCUT2D eigenvalue weighted by molar-refractivity contribution is -0.147. The molecule has 0 aromatic rings. The lowest BCUT2D eigenvalue weighted by Crippen LogP contribution is -2.52. The molecule has 0 spiro atoms. The van der Waals surface area contributed by atoms with Gasteiger partial charge in [0.25, 0.3) is 0 Å². The van der Waals surface area contributed by atoms with Gasteiger partial charge in [-0.15, -0.1) is 0 Å². The SMILES string of the molecule is CC(=O)SCCC(=O)NC1(C(=O)O)CCCC1. The molecule has 1 aliphatic rings. The molecule has 1 rings (SSSR count). The summed E-state index contributed by atoms with van der Waals surface area (Å²) in [5, 5.41) is 11.7. The Hall–Kier alpha value is -1.04. The molecule has 0 aliphatic heterocycles. The largest absolute Gasteiger partial charge is 0.480 e. The van der Waals surface area contributed by atoms with Gasteiger partial charge in [0.15, 0.2) is 5.12 Å². The molecular weight excluding hydrogens is 242 g/mol. The smallest absolute Gasteiger partial charge is 0.329 e. The number of carbonyl (C=O) groups is 3. The van der Waals surface area contributed by atoms with E-state index >= 15 is 0 Å². The van der Waals surface area contributed by atoms with Crippen LogP contribution in [-0.2, 0) is 14.4 Å². The molecule has 0 radical (unpaired) electrons. The molecule has 1 amide bonds. The van der Waals surface area contributed by atoms with Gasteiger partial charge >= 0.3 is 5.97 Å². The zero-order chi connectivity index (χ0) is 12.9. The zero-order valence-corrected chi connectivity index (χ0v) is 10.6. The Kier molecular flexibility index (Phi) is 4.99. The summed E-state index contributed by atoms with van der Waals surface area (Å²) in [4.78, 5) is 33.4. The monoisotopic (exact) mass is 259 g/mol. The standard InChI is InChI=1S/C11H17NO4S/c1-8(13)17-7-4-9(14)12-11(10(15)16)5-2-3-6-11/h2-7H2,1H3,(H,12,14)(H,15,16). The lowest BCUT2D eigenvalue weighted by atomic mass is 9.98. The van der Waals surface area contributed by atoms with Crippen molar-refractivity contribution in [3.63, 3.8) is 0 Å². The maximum Gasteiger partial charge on any atom is 0.329 e. The average molecular weight is 259 g/mol. The molecule has 2 N–H and O–H groups in total. The Balaban J connectivity index is 2.43. The summed E-state index contributed by atoms with van der Waals surface area (Å²) in [7, 11) is 0. The van der Waals surface area contributed by atoms with Crippen LogP contribution in [0.2, 0.25) is 0 Å². The molecule has 0 aromatic heterocycles. The predicted molar refractivity (Wildman–Crippen MR) is 64.7 cm³/mol. The molecule has 17 heavy (non-hydrogen) atoms. The van der Waals surface area contributed by atoms with E-state index < -0.39 is 11.5 Å². The van der Waals surface area contributed by atoms with Crippen molar-refractivity contribution in [1.82, 2.24) is 5.32 Å². The number of carboxylic acid groups (broad SMARTS) is 1. The van der Waals surface area contributed by atoms with E-state index in [1.54, 1.807) is 0 Å². The Labute approximate surface area is 104 Å². The lowest BCUT2D eigenvalue weighted by Gasteiger charge is -2.25. The molecule has 5 nitrogen and oxygen atoms in total. The van der Waals surface area contributed by atoms with Crippen molar-refractivity contribution in [2.75, 3.05) is 5.75 Å². The highest BCUT2D eigenvalue weighted by Crippen LogP contribution is 2.30. The fraction of sp³-hybridized carbons (Fsp3) is 0.727. The van der Waals surface area contributed by atoms with E-state index in [2.05, 4.69) is 5.32 Å². The van der Waals surface area contributed by atoms with Gasteiger partial charge in [-0.3, -0.25) is 9.59 Å². The second kappa shape index (κ2) is 6.05. The van der Waals surface area contributed by atoms with Crippen molar-refractivity contribution in [2.24, 2.45) is 0 Å². The molecule has 0 aromatic carbocycles. The van der Waals surface area contributed by atoms with Crippen molar-refractivity contribution < 1.29 is 19.5 Å². The van der Waals surface area contributed by atoms with E-state index in [-0.39, 0.29) is 17.4 Å². The van der Waals surface area contributed by atoms with Crippen molar-refractivity contribution in [3.05, 3.63) is 0 Å². The maximum absolute atomic E-state index is 11.6. The number of amides is 1. The quantitative estimate of drug-likeness (QED) is 0.774. The fourth-order valence-corrected chi connectivity index (χ4v) is 2.56. The second-order valence-corrected chi connectivity index (χ2v) is 5.50. The van der Waals surface area contributed by atoms with Crippen LogP contribution in [0.15, 0.2) is 0 Å². The molecule has 0 bridgehead atoms. The van der Waals surface area contributed by atoms with E-state index in [0.717, 1.165) is 24.6 Å². The van der Waals surface area contributed by atoms with Crippen molar-refractivity contribution in [1.29, 1.82) is 0 Å². The molecule has 1 fully saturated rings. The third kappa shape index (κ3) is 4.03. The van der Waals surface area contributed by atoms with E-state index in [9.17, 15) is 14.4 Å². The van der Waals surface area contributed by atoms with E-state index in [1.165, 1.54) is 6.92 Å². The Morgan fingerprint density at radius 3 is 2.35 bits per heavy atom. The van der Waals surface area contributed by atoms with E-state index in [0.29, 0.717) is 18.6 Å². The van der Waals surface area contributed by atoms with Gasteiger partial charge in [0.2, 0.25) is 5.91 Å². The average Bonchev–Trinajstić information content (AvgIpc) is 2.66. The minimum Gasteiger partial charge on any atom is -0.480 e. The van der Waals surface area contributed by atoms with Gasteiger partial charge in [-0.1, -0.05) is 24.6 Å². The van der Waals surface area contributed by atoms with Crippen LogP contribution in [-0.4, -0.2) is 33.4 Å². The van der Waals surface area contributed by atoms with E-state index in [1.807, 2.05) is 0 Å². The van der Waals surface area contributed by atoms with Crippen molar-refractivity contribution in [2.45, 2.75) is 44.6 Å². The van der Waals surface area contributed by atoms with Crippen LogP contribution in [0.5, 0.6) is 0 Å². The number of thioether (sulfide) groups is 1. The highest BCUT2D eigenvalue weighted by Gasteiger charge is 2.42.